The topological polar surface area (TPSA) is 79.9 Å². The molecule has 1 aliphatic heterocycles. The summed E-state index contributed by atoms with van der Waals surface area (Å²) in [7, 11) is 1.63. The quantitative estimate of drug-likeness (QED) is 0.732. The third-order valence-electron chi connectivity index (χ3n) is 5.33. The lowest BCUT2D eigenvalue weighted by Gasteiger charge is -2.28. The van der Waals surface area contributed by atoms with E-state index in [-0.39, 0.29) is 31.7 Å². The van der Waals surface area contributed by atoms with Gasteiger partial charge in [0.25, 0.3) is 0 Å². The predicted molar refractivity (Wildman–Crippen MR) is 116 cm³/mol. The summed E-state index contributed by atoms with van der Waals surface area (Å²) >= 11 is 0. The van der Waals surface area contributed by atoms with Gasteiger partial charge in [-0.05, 0) is 56.5 Å². The molecule has 0 unspecified atom stereocenters. The first-order valence-corrected chi connectivity index (χ1v) is 9.92. The number of nitrogens with one attached hydrogen (secondary N) is 2. The average Bonchev–Trinajstić information content (AvgIpc) is 3.17. The summed E-state index contributed by atoms with van der Waals surface area (Å²) in [6.07, 6.45) is 0. The standard InChI is InChI=1S/C23H29N3O4/c1-15-7-6-8-16(2)22(15)25-20(27)13-26(5)21(28)12-24-23(3,4)17-9-10-18-19(11-17)30-14-29-18/h6-11,24H,12-14H2,1-5H3,(H,25,27). The number of fused-ring (bicyclic) bond motifs is 1. The molecular formula is C23H29N3O4. The van der Waals surface area contributed by atoms with Crippen LogP contribution >= 0.6 is 0 Å². The van der Waals surface area contributed by atoms with Gasteiger partial charge in [-0.2, -0.15) is 0 Å². The minimum Gasteiger partial charge on any atom is -0.454 e. The number of hydrogen-bond acceptors (Lipinski definition) is 5. The van der Waals surface area contributed by atoms with Crippen LogP contribution in [0.15, 0.2) is 36.4 Å². The lowest BCUT2D eigenvalue weighted by molar-refractivity contribution is -0.132. The van der Waals surface area contributed by atoms with Gasteiger partial charge in [0.2, 0.25) is 18.6 Å². The molecule has 7 nitrogen and oxygen atoms in total. The number of amides is 2. The van der Waals surface area contributed by atoms with E-state index in [1.165, 1.54) is 4.90 Å². The highest BCUT2D eigenvalue weighted by Crippen LogP contribution is 2.35. The lowest BCUT2D eigenvalue weighted by Crippen LogP contribution is -2.45. The van der Waals surface area contributed by atoms with E-state index in [0.717, 1.165) is 28.1 Å². The van der Waals surface area contributed by atoms with E-state index in [4.69, 9.17) is 9.47 Å². The number of anilines is 1. The van der Waals surface area contributed by atoms with Crippen molar-refractivity contribution < 1.29 is 19.1 Å². The van der Waals surface area contributed by atoms with E-state index in [9.17, 15) is 9.59 Å². The fraction of sp³-hybridized carbons (Fsp3) is 0.391. The largest absolute Gasteiger partial charge is 0.454 e. The number of carbonyl (C=O) groups is 2. The second-order valence-electron chi connectivity index (χ2n) is 8.11. The van der Waals surface area contributed by atoms with Gasteiger partial charge in [-0.25, -0.2) is 0 Å². The van der Waals surface area contributed by atoms with Crippen molar-refractivity contribution in [1.82, 2.24) is 10.2 Å². The maximum Gasteiger partial charge on any atom is 0.243 e. The van der Waals surface area contributed by atoms with Crippen molar-refractivity contribution in [1.29, 1.82) is 0 Å². The van der Waals surface area contributed by atoms with Crippen LogP contribution in [0.4, 0.5) is 5.69 Å². The van der Waals surface area contributed by atoms with E-state index < -0.39 is 5.54 Å². The first-order chi connectivity index (χ1) is 14.2. The number of likely N-dealkylation sites (N-methyl/N-ethyl adjacent to an activating group) is 1. The van der Waals surface area contributed by atoms with Gasteiger partial charge in [-0.3, -0.25) is 14.9 Å². The molecule has 1 heterocycles. The number of rotatable bonds is 7. The molecule has 1 aliphatic rings. The predicted octanol–water partition coefficient (Wildman–Crippen LogP) is 2.95. The van der Waals surface area contributed by atoms with Crippen LogP contribution in [0.2, 0.25) is 0 Å². The van der Waals surface area contributed by atoms with Crippen molar-refractivity contribution in [2.24, 2.45) is 0 Å². The summed E-state index contributed by atoms with van der Waals surface area (Å²) in [6.45, 7) is 8.18. The highest BCUT2D eigenvalue weighted by molar-refractivity contribution is 5.95. The molecule has 0 atom stereocenters. The Balaban J connectivity index is 1.54. The molecule has 0 fully saturated rings. The molecule has 0 bridgehead atoms. The van der Waals surface area contributed by atoms with Crippen molar-refractivity contribution in [3.63, 3.8) is 0 Å². The molecule has 7 heteroatoms. The Bertz CT molecular complexity index is 935. The molecule has 3 rings (SSSR count). The van der Waals surface area contributed by atoms with E-state index in [1.54, 1.807) is 7.05 Å². The minimum absolute atomic E-state index is 0.0151. The van der Waals surface area contributed by atoms with Crippen LogP contribution < -0.4 is 20.1 Å². The smallest absolute Gasteiger partial charge is 0.243 e. The fourth-order valence-corrected chi connectivity index (χ4v) is 3.31. The SMILES string of the molecule is Cc1cccc(C)c1NC(=O)CN(C)C(=O)CNC(C)(C)c1ccc2c(c1)OCO2. The molecule has 0 saturated carbocycles. The lowest BCUT2D eigenvalue weighted by atomic mass is 9.94. The van der Waals surface area contributed by atoms with Gasteiger partial charge < -0.3 is 19.7 Å². The zero-order valence-electron chi connectivity index (χ0n) is 18.2. The van der Waals surface area contributed by atoms with Crippen molar-refractivity contribution >= 4 is 17.5 Å². The maximum absolute atomic E-state index is 12.6. The van der Waals surface area contributed by atoms with Gasteiger partial charge in [-0.1, -0.05) is 24.3 Å². The number of nitrogens with zero attached hydrogens (tertiary/aromatic N) is 1. The van der Waals surface area contributed by atoms with Crippen molar-refractivity contribution in [2.45, 2.75) is 33.2 Å². The Morgan fingerprint density at radius 2 is 1.73 bits per heavy atom. The van der Waals surface area contributed by atoms with Crippen LogP contribution in [0.25, 0.3) is 0 Å². The summed E-state index contributed by atoms with van der Waals surface area (Å²) in [5.74, 6) is 1.04. The number of benzene rings is 2. The molecule has 2 aromatic rings. The third-order valence-corrected chi connectivity index (χ3v) is 5.33. The molecule has 0 radical (unpaired) electrons. The van der Waals surface area contributed by atoms with Crippen LogP contribution in [0, 0.1) is 13.8 Å². The van der Waals surface area contributed by atoms with Gasteiger partial charge in [0.1, 0.15) is 0 Å². The summed E-state index contributed by atoms with van der Waals surface area (Å²) in [5, 5.41) is 6.18. The van der Waals surface area contributed by atoms with Gasteiger partial charge in [0.15, 0.2) is 11.5 Å². The number of hydrogen-bond donors (Lipinski definition) is 2. The fourth-order valence-electron chi connectivity index (χ4n) is 3.31. The zero-order valence-corrected chi connectivity index (χ0v) is 18.2. The monoisotopic (exact) mass is 411 g/mol. The molecule has 0 aromatic heterocycles. The Hall–Kier alpha value is -3.06. The molecule has 2 aromatic carbocycles. The van der Waals surface area contributed by atoms with E-state index in [0.29, 0.717) is 5.75 Å². The van der Waals surface area contributed by atoms with E-state index >= 15 is 0 Å². The summed E-state index contributed by atoms with van der Waals surface area (Å²) < 4.78 is 10.8. The van der Waals surface area contributed by atoms with Crippen molar-refractivity contribution in [2.75, 3.05) is 32.2 Å². The van der Waals surface area contributed by atoms with Crippen LogP contribution in [-0.2, 0) is 15.1 Å². The van der Waals surface area contributed by atoms with Crippen LogP contribution in [0.3, 0.4) is 0 Å². The van der Waals surface area contributed by atoms with Crippen LogP contribution in [-0.4, -0.2) is 43.6 Å². The average molecular weight is 412 g/mol. The Morgan fingerprint density at radius 3 is 2.43 bits per heavy atom. The van der Waals surface area contributed by atoms with E-state index in [1.807, 2.05) is 64.1 Å². The Morgan fingerprint density at radius 1 is 1.07 bits per heavy atom. The van der Waals surface area contributed by atoms with Crippen molar-refractivity contribution in [3.8, 4) is 11.5 Å². The molecule has 0 saturated heterocycles. The highest BCUT2D eigenvalue weighted by atomic mass is 16.7. The number of ether oxygens (including phenoxy) is 2. The van der Waals surface area contributed by atoms with Crippen LogP contribution in [0.1, 0.15) is 30.5 Å². The highest BCUT2D eigenvalue weighted by Gasteiger charge is 2.25. The second-order valence-corrected chi connectivity index (χ2v) is 8.11. The summed E-state index contributed by atoms with van der Waals surface area (Å²) in [4.78, 5) is 26.4. The first-order valence-electron chi connectivity index (χ1n) is 9.92. The molecule has 30 heavy (non-hydrogen) atoms. The first kappa shape index (κ1) is 21.6. The molecule has 0 spiro atoms. The number of aryl methyl sites for hydroxylation is 2. The minimum atomic E-state index is -0.460. The van der Waals surface area contributed by atoms with Gasteiger partial charge in [-0.15, -0.1) is 0 Å². The Labute approximate surface area is 177 Å². The molecule has 160 valence electrons. The number of para-hydroxylation sites is 1. The third kappa shape index (κ3) is 4.91. The zero-order chi connectivity index (χ0) is 21.9. The molecule has 0 aliphatic carbocycles. The van der Waals surface area contributed by atoms with Gasteiger partial charge in [0.05, 0.1) is 13.1 Å². The van der Waals surface area contributed by atoms with Crippen LogP contribution in [0.5, 0.6) is 11.5 Å². The van der Waals surface area contributed by atoms with Crippen molar-refractivity contribution in [3.05, 3.63) is 53.1 Å². The molecule has 2 amide bonds. The molecule has 2 N–H and O–H groups in total. The van der Waals surface area contributed by atoms with Gasteiger partial charge in [0, 0.05) is 18.3 Å². The Kier molecular flexibility index (Phi) is 6.31. The number of carbonyl (C=O) groups excluding carboxylic acids is 2. The summed E-state index contributed by atoms with van der Waals surface area (Å²) in [5.41, 5.74) is 3.30. The summed E-state index contributed by atoms with van der Waals surface area (Å²) in [6, 6.07) is 11.6. The maximum atomic E-state index is 12.6. The van der Waals surface area contributed by atoms with Gasteiger partial charge >= 0.3 is 0 Å². The normalized spacial score (nSPS) is 12.6. The van der Waals surface area contributed by atoms with E-state index in [2.05, 4.69) is 10.6 Å². The molecular weight excluding hydrogens is 382 g/mol. The second kappa shape index (κ2) is 8.75.